The van der Waals surface area contributed by atoms with Gasteiger partial charge in [0.2, 0.25) is 0 Å². The Balaban J connectivity index is 0.00000128. The number of aromatic hydroxyl groups is 1. The summed E-state index contributed by atoms with van der Waals surface area (Å²) in [5.74, 6) is -0.0547. The minimum Gasteiger partial charge on any atom is -0.508 e. The highest BCUT2D eigenvalue weighted by Gasteiger charge is 2.26. The quantitative estimate of drug-likeness (QED) is 0.727. The van der Waals surface area contributed by atoms with Crippen LogP contribution < -0.4 is 5.32 Å². The first-order valence-corrected chi connectivity index (χ1v) is 4.85. The van der Waals surface area contributed by atoms with E-state index >= 15 is 0 Å². The Morgan fingerprint density at radius 3 is 3.00 bits per heavy atom. The van der Waals surface area contributed by atoms with E-state index in [-0.39, 0.29) is 24.1 Å². The number of esters is 1. The van der Waals surface area contributed by atoms with Gasteiger partial charge < -0.3 is 15.2 Å². The van der Waals surface area contributed by atoms with Gasteiger partial charge >= 0.3 is 5.97 Å². The Labute approximate surface area is 100 Å². The Bertz CT molecular complexity index is 395. The summed E-state index contributed by atoms with van der Waals surface area (Å²) in [6.45, 7) is 0.718. The molecule has 0 amide bonds. The maximum atomic E-state index is 11.5. The van der Waals surface area contributed by atoms with Crippen molar-refractivity contribution in [2.45, 2.75) is 12.5 Å². The van der Waals surface area contributed by atoms with Crippen LogP contribution in [0.25, 0.3) is 0 Å². The van der Waals surface area contributed by atoms with E-state index in [2.05, 4.69) is 5.32 Å². The van der Waals surface area contributed by atoms with E-state index in [1.54, 1.807) is 18.2 Å². The van der Waals surface area contributed by atoms with Gasteiger partial charge in [-0.3, -0.25) is 0 Å². The number of rotatable bonds is 1. The van der Waals surface area contributed by atoms with Crippen molar-refractivity contribution < 1.29 is 14.6 Å². The van der Waals surface area contributed by atoms with Crippen LogP contribution in [0.15, 0.2) is 18.2 Å². The summed E-state index contributed by atoms with van der Waals surface area (Å²) in [6.07, 6.45) is 0.817. The number of carbonyl (C=O) groups excluding carboxylic acids is 1. The number of ether oxygens (including phenoxy) is 1. The summed E-state index contributed by atoms with van der Waals surface area (Å²) in [4.78, 5) is 11.5. The molecule has 1 unspecified atom stereocenters. The Hall–Kier alpha value is -1.26. The molecule has 5 heteroatoms. The van der Waals surface area contributed by atoms with Crippen molar-refractivity contribution in [2.75, 3.05) is 13.7 Å². The monoisotopic (exact) mass is 243 g/mol. The van der Waals surface area contributed by atoms with Crippen LogP contribution in [0.4, 0.5) is 0 Å². The molecule has 0 bridgehead atoms. The largest absolute Gasteiger partial charge is 0.508 e. The normalized spacial score (nSPS) is 18.2. The molecule has 16 heavy (non-hydrogen) atoms. The molecule has 1 atom stereocenters. The highest BCUT2D eigenvalue weighted by molar-refractivity contribution is 5.85. The molecular weight excluding hydrogens is 230 g/mol. The summed E-state index contributed by atoms with van der Waals surface area (Å²) < 4.78 is 4.71. The van der Waals surface area contributed by atoms with Crippen molar-refractivity contribution in [3.63, 3.8) is 0 Å². The maximum Gasteiger partial charge on any atom is 0.327 e. The first kappa shape index (κ1) is 12.8. The first-order chi connectivity index (χ1) is 7.22. The van der Waals surface area contributed by atoms with Crippen LogP contribution >= 0.6 is 12.4 Å². The van der Waals surface area contributed by atoms with Crippen molar-refractivity contribution in [1.82, 2.24) is 5.32 Å². The molecule has 0 radical (unpaired) electrons. The summed E-state index contributed by atoms with van der Waals surface area (Å²) in [5.41, 5.74) is 1.90. The molecule has 0 aromatic heterocycles. The van der Waals surface area contributed by atoms with E-state index in [0.29, 0.717) is 0 Å². The van der Waals surface area contributed by atoms with Crippen LogP contribution in [0, 0.1) is 0 Å². The maximum absolute atomic E-state index is 11.5. The van der Waals surface area contributed by atoms with Crippen molar-refractivity contribution in [2.24, 2.45) is 0 Å². The van der Waals surface area contributed by atoms with Gasteiger partial charge in [-0.25, -0.2) is 4.79 Å². The number of benzene rings is 1. The van der Waals surface area contributed by atoms with Crippen LogP contribution in [0.5, 0.6) is 5.75 Å². The number of hydrogen-bond acceptors (Lipinski definition) is 4. The van der Waals surface area contributed by atoms with Gasteiger partial charge in [0.25, 0.3) is 0 Å². The second kappa shape index (κ2) is 5.18. The zero-order chi connectivity index (χ0) is 10.8. The Morgan fingerprint density at radius 1 is 1.56 bits per heavy atom. The molecule has 1 heterocycles. The fraction of sp³-hybridized carbons (Fsp3) is 0.364. The van der Waals surface area contributed by atoms with Gasteiger partial charge in [0.05, 0.1) is 7.11 Å². The number of phenols is 1. The van der Waals surface area contributed by atoms with E-state index in [0.717, 1.165) is 24.1 Å². The molecule has 1 aromatic rings. The van der Waals surface area contributed by atoms with Gasteiger partial charge in [0.15, 0.2) is 0 Å². The van der Waals surface area contributed by atoms with E-state index in [9.17, 15) is 9.90 Å². The highest BCUT2D eigenvalue weighted by Crippen LogP contribution is 2.26. The topological polar surface area (TPSA) is 58.6 Å². The van der Waals surface area contributed by atoms with Gasteiger partial charge in [-0.15, -0.1) is 12.4 Å². The lowest BCUT2D eigenvalue weighted by molar-refractivity contribution is -0.143. The van der Waals surface area contributed by atoms with Crippen LogP contribution in [0.1, 0.15) is 17.2 Å². The average molecular weight is 244 g/mol. The predicted octanol–water partition coefficient (Wildman–Crippen LogP) is 1.17. The predicted molar refractivity (Wildman–Crippen MR) is 61.8 cm³/mol. The zero-order valence-electron chi connectivity index (χ0n) is 8.90. The SMILES string of the molecule is COC(=O)C1NCCc2cc(O)ccc21.Cl. The van der Waals surface area contributed by atoms with Crippen molar-refractivity contribution >= 4 is 18.4 Å². The van der Waals surface area contributed by atoms with E-state index in [4.69, 9.17) is 4.74 Å². The van der Waals surface area contributed by atoms with Gasteiger partial charge in [0, 0.05) is 6.54 Å². The smallest absolute Gasteiger partial charge is 0.327 e. The molecule has 1 aromatic carbocycles. The molecule has 0 spiro atoms. The lowest BCUT2D eigenvalue weighted by Gasteiger charge is -2.24. The molecule has 0 fully saturated rings. The first-order valence-electron chi connectivity index (χ1n) is 4.85. The average Bonchev–Trinajstić information content (AvgIpc) is 2.26. The van der Waals surface area contributed by atoms with Crippen molar-refractivity contribution in [1.29, 1.82) is 0 Å². The second-order valence-corrected chi connectivity index (χ2v) is 3.54. The number of methoxy groups -OCH3 is 1. The summed E-state index contributed by atoms with van der Waals surface area (Å²) in [5, 5.41) is 12.4. The third kappa shape index (κ3) is 2.28. The van der Waals surface area contributed by atoms with Crippen LogP contribution in [-0.2, 0) is 16.0 Å². The number of nitrogens with one attached hydrogen (secondary N) is 1. The van der Waals surface area contributed by atoms with Crippen molar-refractivity contribution in [3.05, 3.63) is 29.3 Å². The minimum absolute atomic E-state index is 0. The highest BCUT2D eigenvalue weighted by atomic mass is 35.5. The summed E-state index contributed by atoms with van der Waals surface area (Å²) in [6, 6.07) is 4.64. The van der Waals surface area contributed by atoms with Crippen LogP contribution in [-0.4, -0.2) is 24.7 Å². The molecule has 0 aliphatic carbocycles. The molecule has 4 nitrogen and oxygen atoms in total. The summed E-state index contributed by atoms with van der Waals surface area (Å²) >= 11 is 0. The minimum atomic E-state index is -0.403. The Morgan fingerprint density at radius 2 is 2.31 bits per heavy atom. The standard InChI is InChI=1S/C11H13NO3.ClH/c1-15-11(14)10-9-3-2-8(13)6-7(9)4-5-12-10;/h2-3,6,10,12-13H,4-5H2,1H3;1H. The third-order valence-electron chi connectivity index (χ3n) is 2.62. The zero-order valence-corrected chi connectivity index (χ0v) is 9.71. The Kier molecular flexibility index (Phi) is 4.15. The van der Waals surface area contributed by atoms with Crippen LogP contribution in [0.2, 0.25) is 0 Å². The van der Waals surface area contributed by atoms with Gasteiger partial charge in [0.1, 0.15) is 11.8 Å². The molecule has 0 saturated carbocycles. The number of fused-ring (bicyclic) bond motifs is 1. The van der Waals surface area contributed by atoms with E-state index in [1.165, 1.54) is 7.11 Å². The molecule has 0 saturated heterocycles. The number of phenolic OH excluding ortho intramolecular Hbond substituents is 1. The number of carbonyl (C=O) groups is 1. The van der Waals surface area contributed by atoms with Gasteiger partial charge in [-0.1, -0.05) is 6.07 Å². The number of hydrogen-bond donors (Lipinski definition) is 2. The lowest BCUT2D eigenvalue weighted by atomic mass is 9.94. The second-order valence-electron chi connectivity index (χ2n) is 3.54. The van der Waals surface area contributed by atoms with Gasteiger partial charge in [-0.2, -0.15) is 0 Å². The fourth-order valence-corrected chi connectivity index (χ4v) is 1.88. The summed E-state index contributed by atoms with van der Waals surface area (Å²) in [7, 11) is 1.37. The van der Waals surface area contributed by atoms with E-state index < -0.39 is 6.04 Å². The molecule has 1 aliphatic rings. The third-order valence-corrected chi connectivity index (χ3v) is 2.62. The molecule has 1 aliphatic heterocycles. The fourth-order valence-electron chi connectivity index (χ4n) is 1.88. The number of halogens is 1. The van der Waals surface area contributed by atoms with Crippen molar-refractivity contribution in [3.8, 4) is 5.75 Å². The van der Waals surface area contributed by atoms with Gasteiger partial charge in [-0.05, 0) is 29.7 Å². The lowest BCUT2D eigenvalue weighted by Crippen LogP contribution is -2.35. The van der Waals surface area contributed by atoms with Crippen LogP contribution in [0.3, 0.4) is 0 Å². The molecule has 2 N–H and O–H groups in total. The van der Waals surface area contributed by atoms with E-state index in [1.807, 2.05) is 0 Å². The molecular formula is C11H14ClNO3. The molecule has 2 rings (SSSR count). The molecule has 88 valence electrons.